The first kappa shape index (κ1) is 15.0. The van der Waals surface area contributed by atoms with E-state index in [9.17, 15) is 9.59 Å². The first-order valence-corrected chi connectivity index (χ1v) is 7.65. The number of hydrogen-bond acceptors (Lipinski definition) is 4. The van der Waals surface area contributed by atoms with Crippen molar-refractivity contribution >= 4 is 23.2 Å². The van der Waals surface area contributed by atoms with E-state index in [0.717, 1.165) is 17.7 Å². The van der Waals surface area contributed by atoms with Crippen LogP contribution in [0.2, 0.25) is 0 Å². The molecule has 1 unspecified atom stereocenters. The summed E-state index contributed by atoms with van der Waals surface area (Å²) in [5, 5.41) is 11.8. The van der Waals surface area contributed by atoms with Crippen LogP contribution in [0.1, 0.15) is 27.4 Å². The topological polar surface area (TPSA) is 69.6 Å². The largest absolute Gasteiger partial charge is 0.396 e. The van der Waals surface area contributed by atoms with Gasteiger partial charge in [-0.15, -0.1) is 11.3 Å². The van der Waals surface area contributed by atoms with Crippen molar-refractivity contribution in [3.8, 4) is 0 Å². The van der Waals surface area contributed by atoms with E-state index in [1.807, 2.05) is 13.0 Å². The molecule has 2 amide bonds. The van der Waals surface area contributed by atoms with Gasteiger partial charge in [0.05, 0.1) is 11.4 Å². The molecule has 0 radical (unpaired) electrons. The summed E-state index contributed by atoms with van der Waals surface area (Å²) < 4.78 is 0. The number of carbonyl (C=O) groups is 2. The SMILES string of the molecule is Cc1ccc(C(=O)NCC(=O)N2CCCC(CO)C2)s1. The molecular weight excluding hydrogens is 276 g/mol. The number of aliphatic hydroxyl groups excluding tert-OH is 1. The Balaban J connectivity index is 1.81. The molecule has 2 rings (SSSR count). The van der Waals surface area contributed by atoms with Crippen molar-refractivity contribution in [1.82, 2.24) is 10.2 Å². The van der Waals surface area contributed by atoms with E-state index in [1.165, 1.54) is 11.3 Å². The summed E-state index contributed by atoms with van der Waals surface area (Å²) in [5.74, 6) is -0.111. The molecule has 2 N–H and O–H groups in total. The van der Waals surface area contributed by atoms with Crippen LogP contribution >= 0.6 is 11.3 Å². The maximum absolute atomic E-state index is 12.0. The minimum Gasteiger partial charge on any atom is -0.396 e. The molecule has 1 aromatic heterocycles. The number of carbonyl (C=O) groups excluding carboxylic acids is 2. The van der Waals surface area contributed by atoms with Crippen LogP contribution in [-0.4, -0.2) is 48.1 Å². The maximum atomic E-state index is 12.0. The lowest BCUT2D eigenvalue weighted by atomic mass is 9.99. The van der Waals surface area contributed by atoms with E-state index in [-0.39, 0.29) is 30.9 Å². The molecule has 2 heterocycles. The van der Waals surface area contributed by atoms with Crippen molar-refractivity contribution in [2.45, 2.75) is 19.8 Å². The van der Waals surface area contributed by atoms with E-state index >= 15 is 0 Å². The molecule has 1 saturated heterocycles. The van der Waals surface area contributed by atoms with Gasteiger partial charge in [-0.25, -0.2) is 0 Å². The molecule has 0 bridgehead atoms. The number of likely N-dealkylation sites (tertiary alicyclic amines) is 1. The van der Waals surface area contributed by atoms with Gasteiger partial charge in [0.25, 0.3) is 5.91 Å². The lowest BCUT2D eigenvalue weighted by Gasteiger charge is -2.31. The molecule has 0 spiro atoms. The number of rotatable bonds is 4. The number of hydrogen-bond donors (Lipinski definition) is 2. The van der Waals surface area contributed by atoms with Crippen LogP contribution in [0.3, 0.4) is 0 Å². The molecule has 0 aromatic carbocycles. The van der Waals surface area contributed by atoms with Crippen LogP contribution < -0.4 is 5.32 Å². The standard InChI is InChI=1S/C14H20N2O3S/c1-10-4-5-12(20-10)14(19)15-7-13(18)16-6-2-3-11(8-16)9-17/h4-5,11,17H,2-3,6-9H2,1H3,(H,15,19). The molecule has 110 valence electrons. The number of piperidine rings is 1. The third-order valence-corrected chi connectivity index (χ3v) is 4.49. The van der Waals surface area contributed by atoms with Crippen LogP contribution in [0.5, 0.6) is 0 Å². The van der Waals surface area contributed by atoms with Crippen LogP contribution in [-0.2, 0) is 4.79 Å². The second kappa shape index (κ2) is 6.85. The Kier molecular flexibility index (Phi) is 5.14. The van der Waals surface area contributed by atoms with Crippen molar-refractivity contribution in [2.24, 2.45) is 5.92 Å². The zero-order valence-electron chi connectivity index (χ0n) is 11.6. The second-order valence-electron chi connectivity index (χ2n) is 5.12. The van der Waals surface area contributed by atoms with E-state index < -0.39 is 0 Å². The Morgan fingerprint density at radius 1 is 1.50 bits per heavy atom. The van der Waals surface area contributed by atoms with Crippen molar-refractivity contribution < 1.29 is 14.7 Å². The zero-order valence-corrected chi connectivity index (χ0v) is 12.4. The minimum atomic E-state index is -0.202. The van der Waals surface area contributed by atoms with Crippen LogP contribution in [0.25, 0.3) is 0 Å². The van der Waals surface area contributed by atoms with Crippen LogP contribution in [0.15, 0.2) is 12.1 Å². The molecule has 5 nitrogen and oxygen atoms in total. The highest BCUT2D eigenvalue weighted by atomic mass is 32.1. The van der Waals surface area contributed by atoms with Crippen molar-refractivity contribution in [3.63, 3.8) is 0 Å². The molecule has 1 aliphatic heterocycles. The average Bonchev–Trinajstić information content (AvgIpc) is 2.91. The van der Waals surface area contributed by atoms with E-state index in [0.29, 0.717) is 18.0 Å². The fourth-order valence-electron chi connectivity index (χ4n) is 2.35. The molecule has 20 heavy (non-hydrogen) atoms. The van der Waals surface area contributed by atoms with Gasteiger partial charge in [-0.1, -0.05) is 0 Å². The van der Waals surface area contributed by atoms with E-state index in [2.05, 4.69) is 5.32 Å². The summed E-state index contributed by atoms with van der Waals surface area (Å²) in [5.41, 5.74) is 0. The monoisotopic (exact) mass is 296 g/mol. The Bertz CT molecular complexity index is 487. The number of nitrogens with one attached hydrogen (secondary N) is 1. The summed E-state index contributed by atoms with van der Waals surface area (Å²) in [6.45, 7) is 3.38. The van der Waals surface area contributed by atoms with Crippen LogP contribution in [0, 0.1) is 12.8 Å². The third-order valence-electron chi connectivity index (χ3n) is 3.49. The van der Waals surface area contributed by atoms with Crippen molar-refractivity contribution in [3.05, 3.63) is 21.9 Å². The summed E-state index contributed by atoms with van der Waals surface area (Å²) in [6.07, 6.45) is 1.87. The highest BCUT2D eigenvalue weighted by molar-refractivity contribution is 7.13. The Morgan fingerprint density at radius 2 is 2.30 bits per heavy atom. The first-order valence-electron chi connectivity index (χ1n) is 6.83. The lowest BCUT2D eigenvalue weighted by Crippen LogP contribution is -2.45. The highest BCUT2D eigenvalue weighted by Crippen LogP contribution is 2.16. The average molecular weight is 296 g/mol. The molecule has 1 aliphatic rings. The first-order chi connectivity index (χ1) is 9.60. The van der Waals surface area contributed by atoms with Gasteiger partial charge in [-0.05, 0) is 37.8 Å². The molecule has 0 saturated carbocycles. The maximum Gasteiger partial charge on any atom is 0.261 e. The summed E-state index contributed by atoms with van der Waals surface area (Å²) in [4.78, 5) is 27.3. The zero-order chi connectivity index (χ0) is 14.5. The van der Waals surface area contributed by atoms with E-state index in [1.54, 1.807) is 11.0 Å². The fourth-order valence-corrected chi connectivity index (χ4v) is 3.14. The van der Waals surface area contributed by atoms with Crippen LogP contribution in [0.4, 0.5) is 0 Å². The van der Waals surface area contributed by atoms with Gasteiger partial charge in [0.1, 0.15) is 0 Å². The molecule has 1 fully saturated rings. The molecule has 1 aromatic rings. The second-order valence-corrected chi connectivity index (χ2v) is 6.41. The number of nitrogens with zero attached hydrogens (tertiary/aromatic N) is 1. The number of amides is 2. The minimum absolute atomic E-state index is 0.0218. The van der Waals surface area contributed by atoms with Gasteiger partial charge in [0, 0.05) is 24.6 Å². The van der Waals surface area contributed by atoms with Gasteiger partial charge in [-0.2, -0.15) is 0 Å². The van der Waals surface area contributed by atoms with Crippen molar-refractivity contribution in [2.75, 3.05) is 26.2 Å². The highest BCUT2D eigenvalue weighted by Gasteiger charge is 2.23. The van der Waals surface area contributed by atoms with Gasteiger partial charge in [0.15, 0.2) is 0 Å². The molecular formula is C14H20N2O3S. The quantitative estimate of drug-likeness (QED) is 0.871. The predicted molar refractivity (Wildman–Crippen MR) is 77.8 cm³/mol. The summed E-state index contributed by atoms with van der Waals surface area (Å²) in [6, 6.07) is 3.65. The molecule has 0 aliphatic carbocycles. The van der Waals surface area contributed by atoms with Gasteiger partial charge in [0.2, 0.25) is 5.91 Å². The number of aryl methyl sites for hydroxylation is 1. The van der Waals surface area contributed by atoms with Gasteiger partial charge >= 0.3 is 0 Å². The predicted octanol–water partition coefficient (Wildman–Crippen LogP) is 1.02. The van der Waals surface area contributed by atoms with Crippen molar-refractivity contribution in [1.29, 1.82) is 0 Å². The lowest BCUT2D eigenvalue weighted by molar-refractivity contribution is -0.132. The van der Waals surface area contributed by atoms with Gasteiger partial charge < -0.3 is 15.3 Å². The Labute approximate surface area is 122 Å². The Morgan fingerprint density at radius 3 is 2.95 bits per heavy atom. The summed E-state index contributed by atoms with van der Waals surface area (Å²) >= 11 is 1.42. The normalized spacial score (nSPS) is 18.9. The van der Waals surface area contributed by atoms with Gasteiger partial charge in [-0.3, -0.25) is 9.59 Å². The fraction of sp³-hybridized carbons (Fsp3) is 0.571. The molecule has 6 heteroatoms. The smallest absolute Gasteiger partial charge is 0.261 e. The summed E-state index contributed by atoms with van der Waals surface area (Å²) in [7, 11) is 0. The molecule has 1 atom stereocenters. The van der Waals surface area contributed by atoms with E-state index in [4.69, 9.17) is 5.11 Å². The number of aliphatic hydroxyl groups is 1. The number of thiophene rings is 1. The Hall–Kier alpha value is -1.40. The third kappa shape index (κ3) is 3.80.